The maximum absolute atomic E-state index is 12.4. The SMILES string of the molecule is COc1ccc(N/N=C(\C#N)n2c(C)cc(C)c(C#N)c2=O)cc1. The van der Waals surface area contributed by atoms with Gasteiger partial charge in [0.1, 0.15) is 23.5 Å². The maximum atomic E-state index is 12.4. The molecule has 0 bridgehead atoms. The summed E-state index contributed by atoms with van der Waals surface area (Å²) < 4.78 is 6.17. The molecule has 0 atom stereocenters. The number of hydrogen-bond acceptors (Lipinski definition) is 6. The summed E-state index contributed by atoms with van der Waals surface area (Å²) in [7, 11) is 1.56. The molecule has 1 aromatic carbocycles. The fourth-order valence-electron chi connectivity index (χ4n) is 2.20. The van der Waals surface area contributed by atoms with Gasteiger partial charge in [-0.05, 0) is 49.7 Å². The number of hydrogen-bond donors (Lipinski definition) is 1. The number of nitrogens with zero attached hydrogens (tertiary/aromatic N) is 4. The fourth-order valence-corrected chi connectivity index (χ4v) is 2.20. The highest BCUT2D eigenvalue weighted by Gasteiger charge is 2.14. The Bertz CT molecular complexity index is 928. The van der Waals surface area contributed by atoms with Crippen molar-refractivity contribution in [3.05, 3.63) is 57.5 Å². The number of ether oxygens (including phenoxy) is 1. The molecule has 1 heterocycles. The largest absolute Gasteiger partial charge is 0.497 e. The van der Waals surface area contributed by atoms with Crippen molar-refractivity contribution in [3.63, 3.8) is 0 Å². The minimum atomic E-state index is -0.563. The van der Waals surface area contributed by atoms with Crippen molar-refractivity contribution in [1.29, 1.82) is 10.5 Å². The van der Waals surface area contributed by atoms with Crippen LogP contribution in [0.3, 0.4) is 0 Å². The van der Waals surface area contributed by atoms with Crippen LogP contribution in [-0.2, 0) is 0 Å². The number of pyridine rings is 1. The number of aryl methyl sites for hydroxylation is 2. The Balaban J connectivity index is 2.43. The zero-order valence-corrected chi connectivity index (χ0v) is 13.5. The Morgan fingerprint density at radius 2 is 1.92 bits per heavy atom. The second-order valence-electron chi connectivity index (χ2n) is 4.98. The highest BCUT2D eigenvalue weighted by molar-refractivity contribution is 5.99. The number of benzene rings is 1. The number of anilines is 1. The molecule has 0 aliphatic carbocycles. The van der Waals surface area contributed by atoms with Gasteiger partial charge in [0, 0.05) is 5.69 Å². The van der Waals surface area contributed by atoms with Gasteiger partial charge in [-0.1, -0.05) is 0 Å². The van der Waals surface area contributed by atoms with Crippen LogP contribution in [-0.4, -0.2) is 17.5 Å². The number of hydrazone groups is 1. The molecule has 0 radical (unpaired) electrons. The van der Waals surface area contributed by atoms with Crippen molar-refractivity contribution in [3.8, 4) is 17.9 Å². The fraction of sp³-hybridized carbons (Fsp3) is 0.176. The predicted octanol–water partition coefficient (Wildman–Crippen LogP) is 2.14. The summed E-state index contributed by atoms with van der Waals surface area (Å²) in [5.74, 6) is 0.541. The van der Waals surface area contributed by atoms with Gasteiger partial charge in [0.2, 0.25) is 5.84 Å². The second-order valence-corrected chi connectivity index (χ2v) is 4.98. The number of nitriles is 2. The Morgan fingerprint density at radius 3 is 2.46 bits per heavy atom. The molecule has 0 spiro atoms. The van der Waals surface area contributed by atoms with Crippen molar-refractivity contribution >= 4 is 11.5 Å². The minimum Gasteiger partial charge on any atom is -0.497 e. The summed E-state index contributed by atoms with van der Waals surface area (Å²) in [6, 6.07) is 12.3. The van der Waals surface area contributed by atoms with Crippen LogP contribution in [0.1, 0.15) is 16.8 Å². The van der Waals surface area contributed by atoms with Gasteiger partial charge >= 0.3 is 0 Å². The third kappa shape index (κ3) is 3.26. The average molecular weight is 321 g/mol. The molecule has 2 rings (SSSR count). The maximum Gasteiger partial charge on any atom is 0.275 e. The van der Waals surface area contributed by atoms with Crippen LogP contribution >= 0.6 is 0 Å². The van der Waals surface area contributed by atoms with E-state index in [0.717, 1.165) is 4.57 Å². The van der Waals surface area contributed by atoms with E-state index in [1.54, 1.807) is 51.3 Å². The van der Waals surface area contributed by atoms with E-state index in [1.807, 2.05) is 12.1 Å². The van der Waals surface area contributed by atoms with Gasteiger partial charge in [0.15, 0.2) is 0 Å². The summed E-state index contributed by atoms with van der Waals surface area (Å²) in [6.45, 7) is 3.35. The molecular weight excluding hydrogens is 306 g/mol. The lowest BCUT2D eigenvalue weighted by molar-refractivity contribution is 0.415. The van der Waals surface area contributed by atoms with Crippen LogP contribution < -0.4 is 15.7 Å². The van der Waals surface area contributed by atoms with E-state index in [-0.39, 0.29) is 11.4 Å². The second kappa shape index (κ2) is 7.12. The third-order valence-corrected chi connectivity index (χ3v) is 3.39. The molecule has 0 fully saturated rings. The van der Waals surface area contributed by atoms with Crippen molar-refractivity contribution in [2.75, 3.05) is 12.5 Å². The lowest BCUT2D eigenvalue weighted by Gasteiger charge is -2.10. The number of methoxy groups -OCH3 is 1. The summed E-state index contributed by atoms with van der Waals surface area (Å²) in [4.78, 5) is 12.4. The molecule has 0 aliphatic heterocycles. The molecule has 0 aliphatic rings. The van der Waals surface area contributed by atoms with E-state index in [9.17, 15) is 10.1 Å². The van der Waals surface area contributed by atoms with E-state index in [2.05, 4.69) is 10.5 Å². The van der Waals surface area contributed by atoms with Gasteiger partial charge in [-0.25, -0.2) is 0 Å². The standard InChI is InChI=1S/C17H15N5O2/c1-11-8-12(2)22(17(23)15(11)9-18)16(10-19)21-20-13-4-6-14(24-3)7-5-13/h4-8,20H,1-3H3/b21-16+. The molecule has 2 aromatic rings. The van der Waals surface area contributed by atoms with E-state index in [0.29, 0.717) is 22.7 Å². The molecule has 0 saturated heterocycles. The van der Waals surface area contributed by atoms with Crippen molar-refractivity contribution in [2.24, 2.45) is 5.10 Å². The molecule has 24 heavy (non-hydrogen) atoms. The molecule has 7 nitrogen and oxygen atoms in total. The highest BCUT2D eigenvalue weighted by Crippen LogP contribution is 2.15. The number of nitrogens with one attached hydrogen (secondary N) is 1. The van der Waals surface area contributed by atoms with Gasteiger partial charge < -0.3 is 4.74 Å². The van der Waals surface area contributed by atoms with E-state index < -0.39 is 5.56 Å². The Kier molecular flexibility index (Phi) is 4.98. The van der Waals surface area contributed by atoms with E-state index >= 15 is 0 Å². The predicted molar refractivity (Wildman–Crippen MR) is 90.0 cm³/mol. The summed E-state index contributed by atoms with van der Waals surface area (Å²) in [5.41, 5.74) is 3.86. The van der Waals surface area contributed by atoms with Gasteiger partial charge in [0.05, 0.1) is 12.8 Å². The van der Waals surface area contributed by atoms with Crippen molar-refractivity contribution in [2.45, 2.75) is 13.8 Å². The number of rotatable bonds is 3. The molecule has 1 aromatic heterocycles. The third-order valence-electron chi connectivity index (χ3n) is 3.39. The first-order chi connectivity index (χ1) is 11.5. The molecule has 0 unspecified atom stereocenters. The van der Waals surface area contributed by atoms with Crippen LogP contribution in [0.25, 0.3) is 0 Å². The molecule has 0 amide bonds. The van der Waals surface area contributed by atoms with Gasteiger partial charge in [-0.2, -0.15) is 10.5 Å². The van der Waals surface area contributed by atoms with Crippen LogP contribution in [0.2, 0.25) is 0 Å². The van der Waals surface area contributed by atoms with Crippen molar-refractivity contribution < 1.29 is 4.74 Å². The summed E-state index contributed by atoms with van der Waals surface area (Å²) in [6.07, 6.45) is 0. The first-order valence-electron chi connectivity index (χ1n) is 7.03. The first-order valence-corrected chi connectivity index (χ1v) is 7.03. The first kappa shape index (κ1) is 16.8. The van der Waals surface area contributed by atoms with Crippen LogP contribution in [0.5, 0.6) is 5.75 Å². The average Bonchev–Trinajstić information content (AvgIpc) is 2.58. The van der Waals surface area contributed by atoms with Crippen molar-refractivity contribution in [1.82, 2.24) is 4.57 Å². The minimum absolute atomic E-state index is 0.00648. The lowest BCUT2D eigenvalue weighted by atomic mass is 10.1. The smallest absolute Gasteiger partial charge is 0.275 e. The van der Waals surface area contributed by atoms with E-state index in [1.165, 1.54) is 0 Å². The Hall–Kier alpha value is -3.58. The topological polar surface area (TPSA) is 103 Å². The van der Waals surface area contributed by atoms with E-state index in [4.69, 9.17) is 10.00 Å². The Morgan fingerprint density at radius 1 is 1.25 bits per heavy atom. The quantitative estimate of drug-likeness (QED) is 0.530. The zero-order valence-electron chi connectivity index (χ0n) is 13.5. The summed E-state index contributed by atoms with van der Waals surface area (Å²) >= 11 is 0. The van der Waals surface area contributed by atoms with Gasteiger partial charge in [0.25, 0.3) is 5.56 Å². The van der Waals surface area contributed by atoms with Gasteiger partial charge in [-0.15, -0.1) is 5.10 Å². The summed E-state index contributed by atoms with van der Waals surface area (Å²) in [5, 5.41) is 22.4. The van der Waals surface area contributed by atoms with Gasteiger partial charge in [-0.3, -0.25) is 14.8 Å². The molecular formula is C17H15N5O2. The highest BCUT2D eigenvalue weighted by atomic mass is 16.5. The van der Waals surface area contributed by atoms with Crippen LogP contribution in [0.4, 0.5) is 5.69 Å². The number of aromatic nitrogens is 1. The lowest BCUT2D eigenvalue weighted by Crippen LogP contribution is -2.31. The molecule has 7 heteroatoms. The Labute approximate surface area is 139 Å². The molecule has 0 saturated carbocycles. The van der Waals surface area contributed by atoms with Crippen LogP contribution in [0, 0.1) is 36.5 Å². The zero-order chi connectivity index (χ0) is 17.7. The molecule has 120 valence electrons. The normalized spacial score (nSPS) is 10.6. The molecule has 1 N–H and O–H groups in total. The monoisotopic (exact) mass is 321 g/mol. The van der Waals surface area contributed by atoms with Crippen LogP contribution in [0.15, 0.2) is 40.2 Å².